The van der Waals surface area contributed by atoms with Gasteiger partial charge in [0.2, 0.25) is 0 Å². The van der Waals surface area contributed by atoms with Crippen LogP contribution in [0, 0.1) is 40.4 Å². The van der Waals surface area contributed by atoms with Crippen molar-refractivity contribution in [2.24, 2.45) is 0 Å². The molecule has 2 radical (unpaired) electrons. The number of nitriles is 3. The molecule has 0 heterocycles. The van der Waals surface area contributed by atoms with Crippen LogP contribution in [0.15, 0.2) is 24.3 Å². The van der Waals surface area contributed by atoms with E-state index in [1.807, 2.05) is 30.7 Å². The van der Waals surface area contributed by atoms with Gasteiger partial charge < -0.3 is 0 Å². The quantitative estimate of drug-likeness (QED) is 0.256. The van der Waals surface area contributed by atoms with Crippen molar-refractivity contribution >= 4 is 7.81 Å². The van der Waals surface area contributed by atoms with Crippen LogP contribution < -0.4 is 0 Å². The summed E-state index contributed by atoms with van der Waals surface area (Å²) < 4.78 is 59.2. The third-order valence-corrected chi connectivity index (χ3v) is 0.556. The van der Waals surface area contributed by atoms with Crippen molar-refractivity contribution in [1.29, 1.82) is 15.8 Å². The molecule has 0 saturated heterocycles. The Morgan fingerprint density at radius 2 is 0.773 bits per heavy atom. The molecule has 1 rings (SSSR count). The normalized spacial score (nSPS) is 12.5. The van der Waals surface area contributed by atoms with E-state index in [1.54, 1.807) is 18.2 Å². The molecule has 0 fully saturated rings. The van der Waals surface area contributed by atoms with Gasteiger partial charge in [-0.1, -0.05) is 24.3 Å². The second-order valence-corrected chi connectivity index (χ2v) is 4.51. The Balaban J connectivity index is -0.0000000572. The summed E-state index contributed by atoms with van der Waals surface area (Å²) in [5.74, 6) is 0. The summed E-state index contributed by atoms with van der Waals surface area (Å²) in [6.45, 7) is 4.29. The minimum absolute atomic E-state index is 0. The topological polar surface area (TPSA) is 71.4 Å². The molecule has 0 aromatic rings. The summed E-state index contributed by atoms with van der Waals surface area (Å²) in [4.78, 5) is 0. The number of hydrogen-bond acceptors (Lipinski definition) is 3. The zero-order valence-corrected chi connectivity index (χ0v) is 14.4. The van der Waals surface area contributed by atoms with Crippen LogP contribution in [0.1, 0.15) is 20.8 Å². The van der Waals surface area contributed by atoms with Crippen molar-refractivity contribution in [3.8, 4) is 18.2 Å². The standard InChI is InChI=1S/C5H5.3C2H3N.F6P.Ru/c1-2-4-5-3-1;3*1-2-3;1-7(2,3,4,5)6;/h1-5H;3*1H3;;/q;;;;-1;+1. The third kappa shape index (κ3) is 447. The molecule has 3 nitrogen and oxygen atoms in total. The van der Waals surface area contributed by atoms with Gasteiger partial charge in [0.15, 0.2) is 0 Å². The van der Waals surface area contributed by atoms with Gasteiger partial charge in [-0.3, -0.25) is 0 Å². The minimum atomic E-state index is -10.7. The van der Waals surface area contributed by atoms with Crippen LogP contribution >= 0.6 is 7.81 Å². The fourth-order valence-electron chi connectivity index (χ4n) is 0.321. The van der Waals surface area contributed by atoms with Gasteiger partial charge in [-0.05, 0) is 0 Å². The zero-order chi connectivity index (χ0) is 18.1. The Kier molecular flexibility index (Phi) is 21.5. The number of allylic oxidation sites excluding steroid dienone is 4. The largest absolute Gasteiger partial charge is 1.00 e. The van der Waals surface area contributed by atoms with Gasteiger partial charge in [-0.2, -0.15) is 15.8 Å². The Morgan fingerprint density at radius 1 is 0.636 bits per heavy atom. The summed E-state index contributed by atoms with van der Waals surface area (Å²) in [6, 6.07) is 5.25. The average molecular weight is 434 g/mol. The van der Waals surface area contributed by atoms with Gasteiger partial charge in [0, 0.05) is 27.2 Å². The molecule has 0 aliphatic heterocycles. The molecule has 22 heavy (non-hydrogen) atoms. The predicted molar refractivity (Wildman–Crippen MR) is 70.0 cm³/mol. The predicted octanol–water partition coefficient (Wildman–Crippen LogP) is 6.29. The number of rotatable bonds is 0. The van der Waals surface area contributed by atoms with E-state index in [9.17, 15) is 25.2 Å². The van der Waals surface area contributed by atoms with Gasteiger partial charge in [0.25, 0.3) is 0 Å². The molecule has 0 amide bonds. The van der Waals surface area contributed by atoms with Crippen LogP contribution in [0.25, 0.3) is 0 Å². The van der Waals surface area contributed by atoms with E-state index in [0.717, 1.165) is 0 Å². The molecule has 11 heteroatoms. The van der Waals surface area contributed by atoms with Crippen molar-refractivity contribution in [2.45, 2.75) is 20.8 Å². The fourth-order valence-corrected chi connectivity index (χ4v) is 0.321. The molecule has 1 aliphatic rings. The molecular formula is C11H14F6N3PRu. The van der Waals surface area contributed by atoms with Gasteiger partial charge in [0.1, 0.15) is 0 Å². The van der Waals surface area contributed by atoms with E-state index in [1.165, 1.54) is 20.8 Å². The summed E-state index contributed by atoms with van der Waals surface area (Å²) in [5, 5.41) is 22.0. The molecule has 0 aromatic heterocycles. The van der Waals surface area contributed by atoms with Crippen LogP contribution in [0.2, 0.25) is 0 Å². The van der Waals surface area contributed by atoms with Crippen molar-refractivity contribution in [2.75, 3.05) is 0 Å². The molecule has 128 valence electrons. The van der Waals surface area contributed by atoms with Crippen LogP contribution in [0.5, 0.6) is 0 Å². The van der Waals surface area contributed by atoms with Crippen molar-refractivity contribution in [3.63, 3.8) is 0 Å². The summed E-state index contributed by atoms with van der Waals surface area (Å²) in [6.07, 6.45) is 10.0. The third-order valence-electron chi connectivity index (χ3n) is 0.556. The smallest absolute Gasteiger partial charge is 0.0767 e. The fraction of sp³-hybridized carbons (Fsp3) is 0.273. The van der Waals surface area contributed by atoms with E-state index >= 15 is 0 Å². The Bertz CT molecular complexity index is 387. The van der Waals surface area contributed by atoms with Crippen molar-refractivity contribution < 1.29 is 44.7 Å². The first-order valence-electron chi connectivity index (χ1n) is 4.85. The molecule has 0 atom stereocenters. The van der Waals surface area contributed by atoms with E-state index in [-0.39, 0.29) is 19.5 Å². The van der Waals surface area contributed by atoms with Crippen LogP contribution in [0.3, 0.4) is 0 Å². The van der Waals surface area contributed by atoms with Crippen molar-refractivity contribution in [3.05, 3.63) is 30.7 Å². The monoisotopic (exact) mass is 435 g/mol. The molecule has 1 aliphatic carbocycles. The van der Waals surface area contributed by atoms with Gasteiger partial charge in [-0.25, -0.2) is 0 Å². The van der Waals surface area contributed by atoms with Gasteiger partial charge in [-0.15, -0.1) is 0 Å². The summed E-state index contributed by atoms with van der Waals surface area (Å²) in [5.41, 5.74) is 0. The van der Waals surface area contributed by atoms with Crippen molar-refractivity contribution in [1.82, 2.24) is 0 Å². The average Bonchev–Trinajstić information content (AvgIpc) is 2.72. The molecule has 0 unspecified atom stereocenters. The summed E-state index contributed by atoms with van der Waals surface area (Å²) >= 11 is 0. The summed E-state index contributed by atoms with van der Waals surface area (Å²) in [7, 11) is -10.7. The van der Waals surface area contributed by atoms with E-state index in [2.05, 4.69) is 0 Å². The van der Waals surface area contributed by atoms with Crippen LogP contribution in [-0.4, -0.2) is 0 Å². The van der Waals surface area contributed by atoms with E-state index in [0.29, 0.717) is 0 Å². The molecule has 0 bridgehead atoms. The number of hydrogen-bond donors (Lipinski definition) is 0. The van der Waals surface area contributed by atoms with Crippen LogP contribution in [-0.2, 0) is 19.5 Å². The number of halogens is 6. The molecular weight excluding hydrogens is 420 g/mol. The zero-order valence-electron chi connectivity index (χ0n) is 11.8. The van der Waals surface area contributed by atoms with Crippen LogP contribution in [0.4, 0.5) is 25.2 Å². The second kappa shape index (κ2) is 14.5. The molecule has 0 spiro atoms. The maximum Gasteiger partial charge on any atom is 1.00 e. The molecule has 0 saturated carbocycles. The Morgan fingerprint density at radius 3 is 0.818 bits per heavy atom. The maximum atomic E-state index is 9.87. The van der Waals surface area contributed by atoms with E-state index < -0.39 is 7.81 Å². The first-order chi connectivity index (χ1) is 9.19. The first kappa shape index (κ1) is 32.5. The SMILES string of the molecule is CC#N.CC#N.CC#N.F[P-](F)(F)(F)(F)F.[CH]1C=CC=C1.[Ru+]. The number of nitrogens with zero attached hydrogens (tertiary/aromatic N) is 3. The Hall–Kier alpha value is -1.42. The van der Waals surface area contributed by atoms with Gasteiger partial charge >= 0.3 is 52.5 Å². The molecule has 0 aromatic carbocycles. The first-order valence-corrected chi connectivity index (χ1v) is 6.88. The van der Waals surface area contributed by atoms with E-state index in [4.69, 9.17) is 15.8 Å². The minimum Gasteiger partial charge on any atom is -0.0767 e. The Labute approximate surface area is 138 Å². The van der Waals surface area contributed by atoms with Gasteiger partial charge in [0.05, 0.1) is 18.2 Å². The maximum absolute atomic E-state index is 10.7. The second-order valence-electron chi connectivity index (χ2n) is 2.59. The molecule has 0 N–H and O–H groups in total.